The molecular weight excluding hydrogens is 354 g/mol. The molecule has 0 radical (unpaired) electrons. The van der Waals surface area contributed by atoms with Gasteiger partial charge in [-0.1, -0.05) is 39.8 Å². The number of nitrogens with zero attached hydrogens (tertiary/aromatic N) is 2. The van der Waals surface area contributed by atoms with Crippen LogP contribution in [0.4, 0.5) is 25.8 Å². The van der Waals surface area contributed by atoms with Crippen LogP contribution in [0.2, 0.25) is 0 Å². The van der Waals surface area contributed by atoms with Crippen molar-refractivity contribution in [2.75, 3.05) is 18.5 Å². The first-order chi connectivity index (χ1) is 13.2. The highest BCUT2D eigenvalue weighted by molar-refractivity contribution is 5.83. The second-order valence-electron chi connectivity index (χ2n) is 8.96. The van der Waals surface area contributed by atoms with Crippen LogP contribution in [0, 0.1) is 17.0 Å². The van der Waals surface area contributed by atoms with E-state index in [0.717, 1.165) is 42.4 Å². The highest BCUT2D eigenvalue weighted by Gasteiger charge is 2.68. The van der Waals surface area contributed by atoms with Gasteiger partial charge < -0.3 is 4.90 Å². The normalized spacial score (nSPS) is 33.4. The molecular formula is C24H31F2N2+. The largest absolute Gasteiger partial charge is 0.317 e. The Labute approximate surface area is 167 Å². The summed E-state index contributed by atoms with van der Waals surface area (Å²) in [5.41, 5.74) is 3.20. The van der Waals surface area contributed by atoms with Gasteiger partial charge in [0.1, 0.15) is 11.5 Å². The number of hydrogen-bond acceptors (Lipinski definition) is 1. The Hall–Kier alpha value is -1.94. The summed E-state index contributed by atoms with van der Waals surface area (Å²) in [4.78, 5) is 2.44. The zero-order chi connectivity index (χ0) is 20.5. The highest BCUT2D eigenvalue weighted by Crippen LogP contribution is 2.66. The molecule has 0 saturated heterocycles. The van der Waals surface area contributed by atoms with Crippen molar-refractivity contribution in [3.05, 3.63) is 53.6 Å². The number of hydrogen-bond donors (Lipinski definition) is 0. The van der Waals surface area contributed by atoms with Crippen molar-refractivity contribution in [3.63, 3.8) is 0 Å². The van der Waals surface area contributed by atoms with E-state index in [0.29, 0.717) is 10.2 Å². The lowest BCUT2D eigenvalue weighted by atomic mass is 9.54. The van der Waals surface area contributed by atoms with Gasteiger partial charge >= 0.3 is 0 Å². The summed E-state index contributed by atoms with van der Waals surface area (Å²) in [6.07, 6.45) is 1.81. The maximum Gasteiger partial charge on any atom is 0.187 e. The molecule has 0 amide bonds. The molecule has 0 aromatic heterocycles. The van der Waals surface area contributed by atoms with Gasteiger partial charge in [0.05, 0.1) is 7.05 Å². The van der Waals surface area contributed by atoms with Crippen LogP contribution >= 0.6 is 0 Å². The van der Waals surface area contributed by atoms with Gasteiger partial charge in [0.25, 0.3) is 0 Å². The molecule has 2 nitrogen and oxygen atoms in total. The average Bonchev–Trinajstić information content (AvgIpc) is 2.95. The monoisotopic (exact) mass is 385 g/mol. The van der Waals surface area contributed by atoms with Crippen LogP contribution in [0.15, 0.2) is 36.4 Å². The molecule has 2 aliphatic heterocycles. The molecule has 0 spiro atoms. The van der Waals surface area contributed by atoms with Gasteiger partial charge in [-0.25, -0.2) is 13.3 Å². The summed E-state index contributed by atoms with van der Waals surface area (Å²) in [7, 11) is 2.11. The van der Waals surface area contributed by atoms with Crippen LogP contribution in [0.3, 0.4) is 0 Å². The molecule has 2 heterocycles. The first kappa shape index (κ1) is 19.4. The second-order valence-corrected chi connectivity index (χ2v) is 8.96. The lowest BCUT2D eigenvalue weighted by molar-refractivity contribution is 0.0291. The first-order valence-corrected chi connectivity index (χ1v) is 10.4. The summed E-state index contributed by atoms with van der Waals surface area (Å²) < 4.78 is 30.3. The van der Waals surface area contributed by atoms with Crippen molar-refractivity contribution < 1.29 is 8.78 Å². The molecule has 2 aliphatic rings. The SMILES string of the molecule is CCN1c2ccccc2[N+]2(C)c3c(F)cc(F)cc3C(C)(CC)C(C)(CC)C12. The van der Waals surface area contributed by atoms with E-state index in [-0.39, 0.29) is 17.0 Å². The number of halogens is 2. The molecule has 0 bridgehead atoms. The number of benzene rings is 2. The van der Waals surface area contributed by atoms with E-state index in [1.807, 2.05) is 6.07 Å². The molecule has 150 valence electrons. The molecule has 4 heteroatoms. The molecule has 0 saturated carbocycles. The zero-order valence-corrected chi connectivity index (χ0v) is 17.8. The quantitative estimate of drug-likeness (QED) is 0.545. The minimum absolute atomic E-state index is 0.0531. The molecule has 2 aromatic carbocycles. The Bertz CT molecular complexity index is 942. The molecule has 4 unspecified atom stereocenters. The topological polar surface area (TPSA) is 3.24 Å². The maximum absolute atomic E-state index is 15.5. The van der Waals surface area contributed by atoms with Gasteiger partial charge in [0.2, 0.25) is 0 Å². The second kappa shape index (κ2) is 6.03. The van der Waals surface area contributed by atoms with E-state index < -0.39 is 11.6 Å². The third-order valence-electron chi connectivity index (χ3n) is 8.18. The number of fused-ring (bicyclic) bond motifs is 5. The van der Waals surface area contributed by atoms with E-state index in [2.05, 4.69) is 64.8 Å². The van der Waals surface area contributed by atoms with Crippen molar-refractivity contribution >= 4 is 17.1 Å². The number of para-hydroxylation sites is 2. The lowest BCUT2D eigenvalue weighted by Crippen LogP contribution is -2.69. The highest BCUT2D eigenvalue weighted by atomic mass is 19.1. The van der Waals surface area contributed by atoms with Crippen LogP contribution < -0.4 is 9.38 Å². The summed E-state index contributed by atoms with van der Waals surface area (Å²) >= 11 is 0. The minimum Gasteiger partial charge on any atom is -0.317 e. The van der Waals surface area contributed by atoms with Gasteiger partial charge in [-0.2, -0.15) is 0 Å². The number of quaternary nitrogens is 1. The van der Waals surface area contributed by atoms with Crippen LogP contribution in [-0.2, 0) is 5.41 Å². The van der Waals surface area contributed by atoms with Crippen molar-refractivity contribution in [2.24, 2.45) is 5.41 Å². The van der Waals surface area contributed by atoms with Crippen molar-refractivity contribution in [3.8, 4) is 0 Å². The zero-order valence-electron chi connectivity index (χ0n) is 17.8. The lowest BCUT2D eigenvalue weighted by Gasteiger charge is -2.59. The van der Waals surface area contributed by atoms with Crippen LogP contribution in [0.5, 0.6) is 0 Å². The van der Waals surface area contributed by atoms with Gasteiger partial charge in [-0.15, -0.1) is 0 Å². The Morgan fingerprint density at radius 2 is 1.71 bits per heavy atom. The third kappa shape index (κ3) is 2.00. The summed E-state index contributed by atoms with van der Waals surface area (Å²) in [6, 6.07) is 11.0. The van der Waals surface area contributed by atoms with Gasteiger partial charge in [-0.3, -0.25) is 0 Å². The smallest absolute Gasteiger partial charge is 0.187 e. The first-order valence-electron chi connectivity index (χ1n) is 10.4. The number of rotatable bonds is 3. The van der Waals surface area contributed by atoms with E-state index in [1.165, 1.54) is 0 Å². The predicted molar refractivity (Wildman–Crippen MR) is 113 cm³/mol. The van der Waals surface area contributed by atoms with Crippen molar-refractivity contribution in [1.29, 1.82) is 0 Å². The Kier molecular flexibility index (Phi) is 4.17. The van der Waals surface area contributed by atoms with Gasteiger partial charge in [0.15, 0.2) is 23.4 Å². The van der Waals surface area contributed by atoms with Crippen molar-refractivity contribution in [1.82, 2.24) is 4.48 Å². The molecule has 28 heavy (non-hydrogen) atoms. The van der Waals surface area contributed by atoms with Crippen LogP contribution in [0.25, 0.3) is 0 Å². The fraction of sp³-hybridized carbons (Fsp3) is 0.500. The standard InChI is InChI=1S/C24H31F2N2/c1-7-23(4)17-14-16(25)15-18(26)21(17)28(6)20-13-11-10-12-19(20)27(9-3)22(28)24(23,5)8-2/h10-15,22H,7-9H2,1-6H3/q+1. The third-order valence-corrected chi connectivity index (χ3v) is 8.18. The molecule has 2 aromatic rings. The summed E-state index contributed by atoms with van der Waals surface area (Å²) in [6.45, 7) is 11.9. The average molecular weight is 386 g/mol. The summed E-state index contributed by atoms with van der Waals surface area (Å²) in [5, 5.41) is 0. The Balaban J connectivity index is 2.19. The Morgan fingerprint density at radius 3 is 2.32 bits per heavy atom. The van der Waals surface area contributed by atoms with Crippen molar-refractivity contribution in [2.45, 2.75) is 59.0 Å². The van der Waals surface area contributed by atoms with E-state index in [9.17, 15) is 4.39 Å². The van der Waals surface area contributed by atoms with E-state index >= 15 is 4.39 Å². The maximum atomic E-state index is 15.5. The van der Waals surface area contributed by atoms with E-state index in [4.69, 9.17) is 0 Å². The predicted octanol–water partition coefficient (Wildman–Crippen LogP) is 6.50. The molecule has 0 fully saturated rings. The van der Waals surface area contributed by atoms with Crippen LogP contribution in [0.1, 0.15) is 53.0 Å². The van der Waals surface area contributed by atoms with Gasteiger partial charge in [0, 0.05) is 35.1 Å². The molecule has 0 N–H and O–H groups in total. The fourth-order valence-electron chi connectivity index (χ4n) is 6.36. The molecule has 4 atom stereocenters. The van der Waals surface area contributed by atoms with Crippen LogP contribution in [-0.4, -0.2) is 19.8 Å². The van der Waals surface area contributed by atoms with Gasteiger partial charge in [-0.05, 0) is 31.9 Å². The van der Waals surface area contributed by atoms with E-state index in [1.54, 1.807) is 6.07 Å². The summed E-state index contributed by atoms with van der Waals surface area (Å²) in [5.74, 6) is -0.924. The number of anilines is 1. The fourth-order valence-corrected chi connectivity index (χ4v) is 6.36. The minimum atomic E-state index is -0.487. The molecule has 4 rings (SSSR count). The molecule has 0 aliphatic carbocycles. The Morgan fingerprint density at radius 1 is 1.04 bits per heavy atom.